The van der Waals surface area contributed by atoms with Gasteiger partial charge in [-0.2, -0.15) is 5.10 Å². The summed E-state index contributed by atoms with van der Waals surface area (Å²) in [7, 11) is -4.03. The quantitative estimate of drug-likeness (QED) is 0.0854. The van der Waals surface area contributed by atoms with Gasteiger partial charge >= 0.3 is 6.03 Å². The number of carbonyl (C=O) groups excluding carboxylic acids is 3. The minimum atomic E-state index is -4.03. The lowest BCUT2D eigenvalue weighted by Crippen LogP contribution is -2.41. The number of hydrogen-bond acceptors (Lipinski definition) is 9. The summed E-state index contributed by atoms with van der Waals surface area (Å²) < 4.78 is 82.9. The van der Waals surface area contributed by atoms with E-state index in [0.29, 0.717) is 22.4 Å². The molecule has 5 aromatic carbocycles. The van der Waals surface area contributed by atoms with E-state index in [9.17, 15) is 36.0 Å². The molecule has 4 N–H and O–H groups in total. The van der Waals surface area contributed by atoms with Gasteiger partial charge in [-0.15, -0.1) is 0 Å². The van der Waals surface area contributed by atoms with E-state index in [1.165, 1.54) is 52.2 Å². The smallest absolute Gasteiger partial charge is 0.332 e. The first kappa shape index (κ1) is 39.3. The predicted octanol–water partition coefficient (Wildman–Crippen LogP) is 7.09. The number of aryl methyl sites for hydroxylation is 1. The summed E-state index contributed by atoms with van der Waals surface area (Å²) >= 11 is 0. The number of benzene rings is 5. The monoisotopic (exact) mass is 849 g/mol. The zero-order valence-electron chi connectivity index (χ0n) is 32.0. The number of amides is 3. The average molecular weight is 850 g/mol. The number of H-pyrrole nitrogens is 1. The molecule has 3 amide bonds. The van der Waals surface area contributed by atoms with Crippen LogP contribution in [0.4, 0.5) is 29.5 Å². The summed E-state index contributed by atoms with van der Waals surface area (Å²) in [5.41, 5.74) is 7.82. The minimum absolute atomic E-state index is 0.00267. The standard InChI is InChI=1S/C43H34F3N7O7S/c1-23-14-28(60-37-9-5-4-8-31(37)44)11-13-34(23)53-41(47)30(20-48-53)40(54)33-16-26-17-38(59-22-39(45)46)35(19-32(26)49-33)52-42(55)36-18-27(21-51(36)43(52)56)50-61(57,58)29-12-10-24-6-2-3-7-25(24)15-29/h2-17,19-20,27,36,39,49-50H,18,21-22,47H2,1H3/t27?,36-/m0/s1. The first-order valence-corrected chi connectivity index (χ1v) is 20.4. The van der Waals surface area contributed by atoms with Crippen molar-refractivity contribution in [1.29, 1.82) is 0 Å². The minimum Gasteiger partial charge on any atom is -0.485 e. The molecule has 0 saturated carbocycles. The van der Waals surface area contributed by atoms with Crippen LogP contribution in [0.1, 0.15) is 28.0 Å². The Hall–Kier alpha value is -7.18. The highest BCUT2D eigenvalue weighted by atomic mass is 32.2. The molecule has 0 bridgehead atoms. The molecule has 4 heterocycles. The SMILES string of the molecule is Cc1cc(Oc2ccccc2F)ccc1-n1ncc(C(=O)c2cc3cc(OCC(F)F)c(N4C(=O)[C@@H]5CC(NS(=O)(=O)c6ccc7ccccc7c6)CN5C4=O)cc3[nH]2)c1N. The van der Waals surface area contributed by atoms with Crippen molar-refractivity contribution in [2.45, 2.75) is 36.7 Å². The summed E-state index contributed by atoms with van der Waals surface area (Å²) in [6.45, 7) is 0.583. The van der Waals surface area contributed by atoms with E-state index in [4.69, 9.17) is 15.2 Å². The first-order chi connectivity index (χ1) is 29.3. The number of nitrogen functional groups attached to an aromatic ring is 1. The van der Waals surface area contributed by atoms with E-state index in [1.54, 1.807) is 61.5 Å². The summed E-state index contributed by atoms with van der Waals surface area (Å²) in [6, 6.07) is 24.4. The van der Waals surface area contributed by atoms with E-state index in [-0.39, 0.29) is 57.6 Å². The van der Waals surface area contributed by atoms with Gasteiger partial charge in [-0.25, -0.2) is 40.7 Å². The number of ether oxygens (including phenoxy) is 2. The van der Waals surface area contributed by atoms with Crippen molar-refractivity contribution >= 4 is 60.9 Å². The Morgan fingerprint density at radius 2 is 1.70 bits per heavy atom. The number of nitrogens with two attached hydrogens (primary N) is 1. The third-order valence-corrected chi connectivity index (χ3v) is 12.2. The molecule has 310 valence electrons. The number of alkyl halides is 2. The normalized spacial score (nSPS) is 16.6. The fourth-order valence-electron chi connectivity index (χ4n) is 7.75. The zero-order valence-corrected chi connectivity index (χ0v) is 32.8. The summed E-state index contributed by atoms with van der Waals surface area (Å²) in [5.74, 6) is -1.60. The lowest BCUT2D eigenvalue weighted by atomic mass is 10.1. The van der Waals surface area contributed by atoms with Crippen LogP contribution in [0.3, 0.4) is 0 Å². The number of ketones is 1. The molecule has 0 aliphatic carbocycles. The van der Waals surface area contributed by atoms with Crippen LogP contribution in [0.2, 0.25) is 0 Å². The number of carbonyl (C=O) groups is 3. The van der Waals surface area contributed by atoms with Crippen LogP contribution in [0.5, 0.6) is 17.2 Å². The van der Waals surface area contributed by atoms with Gasteiger partial charge in [-0.05, 0) is 90.3 Å². The topological polar surface area (TPSA) is 182 Å². The Morgan fingerprint density at radius 3 is 2.46 bits per heavy atom. The number of aromatic amines is 1. The summed E-state index contributed by atoms with van der Waals surface area (Å²) in [5, 5.41) is 6.26. The Labute approximate surface area is 345 Å². The zero-order chi connectivity index (χ0) is 42.7. The molecule has 2 atom stereocenters. The van der Waals surface area contributed by atoms with E-state index in [1.807, 2.05) is 12.1 Å². The lowest BCUT2D eigenvalue weighted by molar-refractivity contribution is -0.119. The van der Waals surface area contributed by atoms with Gasteiger partial charge in [-0.1, -0.05) is 42.5 Å². The molecular formula is C43H34F3N7O7S. The molecule has 9 rings (SSSR count). The Balaban J connectivity index is 0.955. The molecular weight excluding hydrogens is 816 g/mol. The molecule has 2 aliphatic rings. The van der Waals surface area contributed by atoms with Crippen LogP contribution in [0.15, 0.2) is 114 Å². The van der Waals surface area contributed by atoms with Crippen molar-refractivity contribution in [3.05, 3.63) is 132 Å². The number of nitrogens with one attached hydrogen (secondary N) is 2. The van der Waals surface area contributed by atoms with Crippen molar-refractivity contribution < 1.29 is 45.4 Å². The maximum absolute atomic E-state index is 14.2. The molecule has 2 fully saturated rings. The highest BCUT2D eigenvalue weighted by Crippen LogP contribution is 2.40. The van der Waals surface area contributed by atoms with Crippen molar-refractivity contribution in [3.8, 4) is 22.9 Å². The third-order valence-electron chi connectivity index (χ3n) is 10.7. The Morgan fingerprint density at radius 1 is 0.934 bits per heavy atom. The van der Waals surface area contributed by atoms with Gasteiger partial charge in [0, 0.05) is 23.5 Å². The highest BCUT2D eigenvalue weighted by molar-refractivity contribution is 7.89. The Bertz CT molecular complexity index is 3020. The number of nitrogens with zero attached hydrogens (tertiary/aromatic N) is 4. The van der Waals surface area contributed by atoms with Crippen molar-refractivity contribution in [2.75, 3.05) is 23.8 Å². The fourth-order valence-corrected chi connectivity index (χ4v) is 9.02. The lowest BCUT2D eigenvalue weighted by Gasteiger charge is -2.21. The molecule has 0 spiro atoms. The number of rotatable bonds is 12. The van der Waals surface area contributed by atoms with E-state index >= 15 is 0 Å². The van der Waals surface area contributed by atoms with E-state index < -0.39 is 58.7 Å². The maximum Gasteiger partial charge on any atom is 0.332 e. The number of halogens is 3. The fraction of sp³-hybridized carbons (Fsp3) is 0.163. The van der Waals surface area contributed by atoms with Crippen molar-refractivity contribution in [1.82, 2.24) is 24.4 Å². The van der Waals surface area contributed by atoms with E-state index in [2.05, 4.69) is 14.8 Å². The van der Waals surface area contributed by atoms with Crippen molar-refractivity contribution in [3.63, 3.8) is 0 Å². The molecule has 0 radical (unpaired) electrons. The van der Waals surface area contributed by atoms with Gasteiger partial charge in [0.1, 0.15) is 30.0 Å². The second-order valence-electron chi connectivity index (χ2n) is 14.6. The van der Waals surface area contributed by atoms with Crippen LogP contribution in [0, 0.1) is 12.7 Å². The molecule has 18 heteroatoms. The molecule has 14 nitrogen and oxygen atoms in total. The number of fused-ring (bicyclic) bond motifs is 3. The average Bonchev–Trinajstić information content (AvgIpc) is 4.00. The van der Waals surface area contributed by atoms with E-state index in [0.717, 1.165) is 15.7 Å². The van der Waals surface area contributed by atoms with Gasteiger partial charge in [-0.3, -0.25) is 9.59 Å². The first-order valence-electron chi connectivity index (χ1n) is 18.9. The predicted molar refractivity (Wildman–Crippen MR) is 218 cm³/mol. The summed E-state index contributed by atoms with van der Waals surface area (Å²) in [4.78, 5) is 46.7. The Kier molecular flexibility index (Phi) is 9.75. The molecule has 2 aromatic heterocycles. The van der Waals surface area contributed by atoms with Gasteiger partial charge in [0.05, 0.1) is 33.7 Å². The molecule has 2 saturated heterocycles. The number of hydrogen-bond donors (Lipinski definition) is 3. The van der Waals surface area contributed by atoms with Crippen LogP contribution >= 0.6 is 0 Å². The third kappa shape index (κ3) is 7.18. The molecule has 61 heavy (non-hydrogen) atoms. The van der Waals surface area contributed by atoms with Gasteiger partial charge in [0.15, 0.2) is 11.6 Å². The maximum atomic E-state index is 14.2. The van der Waals surface area contributed by atoms with Gasteiger partial charge in [0.2, 0.25) is 15.8 Å². The number of aromatic nitrogens is 3. The number of urea groups is 1. The molecule has 7 aromatic rings. The van der Waals surface area contributed by atoms with Gasteiger partial charge in [0.25, 0.3) is 12.3 Å². The number of para-hydroxylation sites is 1. The number of sulfonamides is 1. The largest absolute Gasteiger partial charge is 0.485 e. The van der Waals surface area contributed by atoms with Gasteiger partial charge < -0.3 is 25.1 Å². The summed E-state index contributed by atoms with van der Waals surface area (Å²) in [6.07, 6.45) is -1.64. The number of anilines is 2. The second kappa shape index (κ2) is 15.1. The number of imide groups is 1. The van der Waals surface area contributed by atoms with Crippen LogP contribution < -0.4 is 24.8 Å². The molecule has 2 aliphatic heterocycles. The highest BCUT2D eigenvalue weighted by Gasteiger charge is 2.52. The van der Waals surface area contributed by atoms with Crippen LogP contribution in [0.25, 0.3) is 27.4 Å². The van der Waals surface area contributed by atoms with Crippen LogP contribution in [-0.2, 0) is 14.8 Å². The van der Waals surface area contributed by atoms with Crippen LogP contribution in [-0.4, -0.2) is 77.5 Å². The molecule has 1 unspecified atom stereocenters. The second-order valence-corrected chi connectivity index (χ2v) is 16.4. The van der Waals surface area contributed by atoms with Crippen molar-refractivity contribution in [2.24, 2.45) is 0 Å².